The molecule has 0 fully saturated rings. The molecule has 1 N–H and O–H groups in total. The molecule has 0 spiro atoms. The molecule has 0 saturated carbocycles. The largest absolute Gasteiger partial charge is 0.264 e. The Kier molecular flexibility index (Phi) is 4.07. The van der Waals surface area contributed by atoms with E-state index in [2.05, 4.69) is 25.6 Å². The van der Waals surface area contributed by atoms with Crippen LogP contribution in [0.3, 0.4) is 0 Å². The number of nitrogens with one attached hydrogen (secondary N) is 1. The summed E-state index contributed by atoms with van der Waals surface area (Å²) in [5.74, 6) is -1.17. The van der Waals surface area contributed by atoms with Crippen LogP contribution < -0.4 is 4.72 Å². The van der Waals surface area contributed by atoms with Gasteiger partial charge in [-0.3, -0.25) is 4.72 Å². The molecule has 2 aromatic rings. The van der Waals surface area contributed by atoms with E-state index in [1.54, 1.807) is 6.07 Å². The molecule has 0 unspecified atom stereocenters. The summed E-state index contributed by atoms with van der Waals surface area (Å²) in [5, 5.41) is 0.0486. The topological polar surface area (TPSA) is 59.1 Å². The van der Waals surface area contributed by atoms with Crippen LogP contribution in [0.25, 0.3) is 0 Å². The van der Waals surface area contributed by atoms with Crippen molar-refractivity contribution in [2.24, 2.45) is 0 Å². The lowest BCUT2D eigenvalue weighted by Gasteiger charge is -2.09. The van der Waals surface area contributed by atoms with E-state index < -0.39 is 15.8 Å². The lowest BCUT2D eigenvalue weighted by atomic mass is 10.4. The second-order valence-electron chi connectivity index (χ2n) is 3.52. The molecule has 2 rings (SSSR count). The first-order chi connectivity index (χ1) is 8.90. The van der Waals surface area contributed by atoms with Crippen molar-refractivity contribution in [3.63, 3.8) is 0 Å². The molecule has 0 bridgehead atoms. The van der Waals surface area contributed by atoms with Crippen molar-refractivity contribution in [1.82, 2.24) is 4.98 Å². The molecule has 0 aliphatic rings. The number of aromatic nitrogens is 1. The summed E-state index contributed by atoms with van der Waals surface area (Å²) in [6.45, 7) is 0. The Bertz CT molecular complexity index is 724. The number of anilines is 1. The van der Waals surface area contributed by atoms with E-state index >= 15 is 0 Å². The quantitative estimate of drug-likeness (QED) is 0.906. The fraction of sp³-hybridized carbons (Fsp3) is 0. The molecule has 0 atom stereocenters. The lowest BCUT2D eigenvalue weighted by Crippen LogP contribution is -2.15. The minimum atomic E-state index is -3.98. The maximum absolute atomic E-state index is 13.5. The first kappa shape index (κ1) is 14.2. The predicted molar refractivity (Wildman–Crippen MR) is 74.2 cm³/mol. The Labute approximate surface area is 122 Å². The molecule has 0 saturated heterocycles. The molecular weight excluding hydrogens is 359 g/mol. The number of rotatable bonds is 3. The maximum atomic E-state index is 13.5. The number of hydrogen-bond acceptors (Lipinski definition) is 3. The van der Waals surface area contributed by atoms with Crippen molar-refractivity contribution in [2.45, 2.75) is 4.90 Å². The fourth-order valence-corrected chi connectivity index (χ4v) is 3.18. The third kappa shape index (κ3) is 3.23. The third-order valence-electron chi connectivity index (χ3n) is 2.17. The molecule has 0 amide bonds. The highest BCUT2D eigenvalue weighted by atomic mass is 79.9. The zero-order chi connectivity index (χ0) is 14.0. The van der Waals surface area contributed by atoms with Gasteiger partial charge in [0.25, 0.3) is 10.0 Å². The molecule has 0 aliphatic heterocycles. The number of hydrogen-bond donors (Lipinski definition) is 1. The summed E-state index contributed by atoms with van der Waals surface area (Å²) in [6.07, 6.45) is 1.29. The highest BCUT2D eigenvalue weighted by Crippen LogP contribution is 2.24. The lowest BCUT2D eigenvalue weighted by molar-refractivity contribution is 0.597. The summed E-state index contributed by atoms with van der Waals surface area (Å²) in [5.41, 5.74) is 0. The van der Waals surface area contributed by atoms with E-state index in [0.717, 1.165) is 6.07 Å². The second-order valence-corrected chi connectivity index (χ2v) is 6.49. The number of benzene rings is 1. The molecule has 1 aromatic heterocycles. The van der Waals surface area contributed by atoms with Crippen LogP contribution in [0.4, 0.5) is 10.2 Å². The van der Waals surface area contributed by atoms with Crippen molar-refractivity contribution < 1.29 is 12.8 Å². The van der Waals surface area contributed by atoms with Crippen LogP contribution >= 0.6 is 27.5 Å². The van der Waals surface area contributed by atoms with Gasteiger partial charge >= 0.3 is 0 Å². The summed E-state index contributed by atoms with van der Waals surface area (Å²) in [4.78, 5) is 3.52. The number of pyridine rings is 1. The highest BCUT2D eigenvalue weighted by molar-refractivity contribution is 9.10. The van der Waals surface area contributed by atoms with Gasteiger partial charge in [-0.25, -0.2) is 17.8 Å². The Morgan fingerprint density at radius 1 is 1.32 bits per heavy atom. The zero-order valence-electron chi connectivity index (χ0n) is 9.27. The average molecular weight is 366 g/mol. The van der Waals surface area contributed by atoms with E-state index in [0.29, 0.717) is 4.47 Å². The van der Waals surface area contributed by atoms with E-state index in [1.807, 2.05) is 0 Å². The number of sulfonamides is 1. The first-order valence-corrected chi connectivity index (χ1v) is 7.64. The van der Waals surface area contributed by atoms with Crippen LogP contribution in [0.5, 0.6) is 0 Å². The number of nitrogens with zero attached hydrogens (tertiary/aromatic N) is 1. The van der Waals surface area contributed by atoms with E-state index in [-0.39, 0.29) is 15.7 Å². The van der Waals surface area contributed by atoms with Crippen LogP contribution in [0.2, 0.25) is 5.02 Å². The van der Waals surface area contributed by atoms with Gasteiger partial charge in [0.1, 0.15) is 4.90 Å². The SMILES string of the molecule is O=S(=O)(Nc1ncc(Br)cc1F)c1ccccc1Cl. The van der Waals surface area contributed by atoms with Gasteiger partial charge in [-0.15, -0.1) is 0 Å². The summed E-state index contributed by atoms with van der Waals surface area (Å²) >= 11 is 8.83. The predicted octanol–water partition coefficient (Wildman–Crippen LogP) is 3.44. The standard InChI is InChI=1S/C11H7BrClFN2O2S/c12-7-5-9(14)11(15-6-7)16-19(17,18)10-4-2-1-3-8(10)13/h1-6H,(H,15,16). The molecule has 4 nitrogen and oxygen atoms in total. The van der Waals surface area contributed by atoms with Gasteiger partial charge < -0.3 is 0 Å². The van der Waals surface area contributed by atoms with Crippen molar-refractivity contribution in [1.29, 1.82) is 0 Å². The van der Waals surface area contributed by atoms with Gasteiger partial charge in [0.15, 0.2) is 11.6 Å². The number of halogens is 3. The Morgan fingerprint density at radius 3 is 2.63 bits per heavy atom. The smallest absolute Gasteiger partial charge is 0.261 e. The molecule has 19 heavy (non-hydrogen) atoms. The van der Waals surface area contributed by atoms with E-state index in [4.69, 9.17) is 11.6 Å². The van der Waals surface area contributed by atoms with Gasteiger partial charge in [-0.05, 0) is 34.1 Å². The molecule has 1 aromatic carbocycles. The monoisotopic (exact) mass is 364 g/mol. The van der Waals surface area contributed by atoms with Crippen LogP contribution in [0.15, 0.2) is 45.9 Å². The maximum Gasteiger partial charge on any atom is 0.264 e. The van der Waals surface area contributed by atoms with Crippen molar-refractivity contribution in [3.8, 4) is 0 Å². The Balaban J connectivity index is 2.40. The summed E-state index contributed by atoms with van der Waals surface area (Å²) < 4.78 is 40.1. The van der Waals surface area contributed by atoms with Gasteiger partial charge in [-0.1, -0.05) is 23.7 Å². The molecule has 8 heteroatoms. The van der Waals surface area contributed by atoms with Crippen LogP contribution in [-0.4, -0.2) is 13.4 Å². The van der Waals surface area contributed by atoms with E-state index in [9.17, 15) is 12.8 Å². The van der Waals surface area contributed by atoms with Crippen LogP contribution in [-0.2, 0) is 10.0 Å². The summed E-state index contributed by atoms with van der Waals surface area (Å²) in [7, 11) is -3.98. The van der Waals surface area contributed by atoms with Crippen molar-refractivity contribution in [3.05, 3.63) is 51.8 Å². The molecule has 0 radical (unpaired) electrons. The first-order valence-electron chi connectivity index (χ1n) is 4.98. The van der Waals surface area contributed by atoms with E-state index in [1.165, 1.54) is 24.4 Å². The Morgan fingerprint density at radius 2 is 2.00 bits per heavy atom. The van der Waals surface area contributed by atoms with Gasteiger partial charge in [0.05, 0.1) is 5.02 Å². The average Bonchev–Trinajstić information content (AvgIpc) is 2.33. The fourth-order valence-electron chi connectivity index (χ4n) is 1.33. The van der Waals surface area contributed by atoms with Gasteiger partial charge in [-0.2, -0.15) is 0 Å². The molecule has 1 heterocycles. The van der Waals surface area contributed by atoms with Crippen molar-refractivity contribution in [2.75, 3.05) is 4.72 Å². The molecule has 100 valence electrons. The third-order valence-corrected chi connectivity index (χ3v) is 4.44. The van der Waals surface area contributed by atoms with Crippen LogP contribution in [0, 0.1) is 5.82 Å². The minimum absolute atomic E-state index is 0.0486. The van der Waals surface area contributed by atoms with Crippen molar-refractivity contribution >= 4 is 43.4 Å². The minimum Gasteiger partial charge on any atom is -0.261 e. The van der Waals surface area contributed by atoms with Gasteiger partial charge in [0.2, 0.25) is 0 Å². The molecular formula is C11H7BrClFN2O2S. The summed E-state index contributed by atoms with van der Waals surface area (Å²) in [6, 6.07) is 6.98. The molecule has 0 aliphatic carbocycles. The van der Waals surface area contributed by atoms with Crippen LogP contribution in [0.1, 0.15) is 0 Å². The second kappa shape index (κ2) is 5.44. The Hall–Kier alpha value is -1.18. The normalized spacial score (nSPS) is 11.3. The highest BCUT2D eigenvalue weighted by Gasteiger charge is 2.19. The van der Waals surface area contributed by atoms with Gasteiger partial charge in [0, 0.05) is 10.7 Å². The zero-order valence-corrected chi connectivity index (χ0v) is 12.4.